The number of aromatic nitrogens is 1. The Balaban J connectivity index is 1.79. The number of nitrogens with zero attached hydrogens (tertiary/aromatic N) is 3. The molecule has 2 N–H and O–H groups in total. The number of rotatable bonds is 5. The maximum atomic E-state index is 12.1. The number of non-ortho nitro benzene ring substituents is 1. The number of carbonyl (C=O) groups is 1. The van der Waals surface area contributed by atoms with E-state index in [0.29, 0.717) is 11.3 Å². The van der Waals surface area contributed by atoms with Gasteiger partial charge in [0.05, 0.1) is 10.4 Å². The van der Waals surface area contributed by atoms with E-state index < -0.39 is 10.8 Å². The lowest BCUT2D eigenvalue weighted by atomic mass is 10.1. The van der Waals surface area contributed by atoms with E-state index in [9.17, 15) is 20.0 Å². The Morgan fingerprint density at radius 1 is 1.21 bits per heavy atom. The number of aromatic hydroxyl groups is 1. The zero-order chi connectivity index (χ0) is 20.4. The van der Waals surface area contributed by atoms with Gasteiger partial charge in [0.15, 0.2) is 12.3 Å². The summed E-state index contributed by atoms with van der Waals surface area (Å²) in [5.41, 5.74) is 3.10. The normalized spacial score (nSPS) is 11.2. The quantitative estimate of drug-likeness (QED) is 0.384. The molecule has 1 heterocycles. The van der Waals surface area contributed by atoms with E-state index in [4.69, 9.17) is 4.74 Å². The smallest absolute Gasteiger partial charge is 0.302 e. The molecule has 0 unspecified atom stereocenters. The van der Waals surface area contributed by atoms with Crippen LogP contribution in [0.3, 0.4) is 0 Å². The van der Waals surface area contributed by atoms with Gasteiger partial charge < -0.3 is 14.8 Å². The maximum absolute atomic E-state index is 12.1. The average molecular weight is 382 g/mol. The van der Waals surface area contributed by atoms with E-state index in [1.165, 1.54) is 18.2 Å². The summed E-state index contributed by atoms with van der Waals surface area (Å²) >= 11 is 0. The van der Waals surface area contributed by atoms with Crippen molar-refractivity contribution >= 4 is 28.2 Å². The highest BCUT2D eigenvalue weighted by atomic mass is 16.6. The number of aromatic amines is 1. The molecule has 1 amide bonds. The number of nitro benzene ring substituents is 1. The molecule has 0 radical (unpaired) electrons. The standard InChI is InChI=1S/C19H18N4O5/c1-10-4-5-11(2)18(12(10)3)28-9-16(24)21-22-17-14-8-13(23(26)27)6-7-15(14)20-19(17)25/h4-8,20,25H,9H2,1-3H3. The predicted octanol–water partition coefficient (Wildman–Crippen LogP) is 4.40. The van der Waals surface area contributed by atoms with Gasteiger partial charge in [-0.2, -0.15) is 0 Å². The van der Waals surface area contributed by atoms with E-state index in [2.05, 4.69) is 15.2 Å². The number of nitro groups is 1. The molecular weight excluding hydrogens is 364 g/mol. The molecule has 9 heteroatoms. The van der Waals surface area contributed by atoms with Crippen LogP contribution in [0.5, 0.6) is 11.6 Å². The summed E-state index contributed by atoms with van der Waals surface area (Å²) < 4.78 is 5.59. The highest BCUT2D eigenvalue weighted by Crippen LogP contribution is 2.37. The number of benzene rings is 2. The second-order valence-corrected chi connectivity index (χ2v) is 6.35. The number of fused-ring (bicyclic) bond motifs is 1. The van der Waals surface area contributed by atoms with E-state index in [1.807, 2.05) is 32.9 Å². The van der Waals surface area contributed by atoms with Crippen LogP contribution < -0.4 is 4.74 Å². The fourth-order valence-electron chi connectivity index (χ4n) is 2.78. The van der Waals surface area contributed by atoms with Crippen molar-refractivity contribution in [2.24, 2.45) is 10.2 Å². The summed E-state index contributed by atoms with van der Waals surface area (Å²) in [6, 6.07) is 7.87. The van der Waals surface area contributed by atoms with E-state index in [0.717, 1.165) is 16.7 Å². The van der Waals surface area contributed by atoms with Gasteiger partial charge in [-0.3, -0.25) is 14.9 Å². The van der Waals surface area contributed by atoms with Crippen molar-refractivity contribution in [2.45, 2.75) is 20.8 Å². The third-order valence-electron chi connectivity index (χ3n) is 4.42. The lowest BCUT2D eigenvalue weighted by molar-refractivity contribution is -0.384. The van der Waals surface area contributed by atoms with Crippen LogP contribution in [0.4, 0.5) is 11.4 Å². The van der Waals surface area contributed by atoms with Crippen LogP contribution in [0.1, 0.15) is 16.7 Å². The zero-order valence-corrected chi connectivity index (χ0v) is 15.5. The molecule has 2 aromatic carbocycles. The highest BCUT2D eigenvalue weighted by molar-refractivity contribution is 5.95. The first-order chi connectivity index (χ1) is 13.3. The first-order valence-corrected chi connectivity index (χ1v) is 8.41. The largest absolute Gasteiger partial charge is 0.493 e. The first-order valence-electron chi connectivity index (χ1n) is 8.41. The monoisotopic (exact) mass is 382 g/mol. The molecule has 3 aromatic rings. The van der Waals surface area contributed by atoms with Crippen LogP contribution in [-0.4, -0.2) is 27.5 Å². The van der Waals surface area contributed by atoms with Crippen LogP contribution in [0, 0.1) is 30.9 Å². The Morgan fingerprint density at radius 3 is 2.64 bits per heavy atom. The molecule has 28 heavy (non-hydrogen) atoms. The number of ether oxygens (including phenoxy) is 1. The van der Waals surface area contributed by atoms with Crippen molar-refractivity contribution in [1.82, 2.24) is 4.98 Å². The Labute approximate surface area is 159 Å². The van der Waals surface area contributed by atoms with Gasteiger partial charge in [0.25, 0.3) is 5.69 Å². The molecule has 1 aromatic heterocycles. The topological polar surface area (TPSA) is 130 Å². The summed E-state index contributed by atoms with van der Waals surface area (Å²) in [4.78, 5) is 25.1. The summed E-state index contributed by atoms with van der Waals surface area (Å²) in [7, 11) is 0. The van der Waals surface area contributed by atoms with Crippen LogP contribution in [0.15, 0.2) is 40.6 Å². The number of azo groups is 1. The van der Waals surface area contributed by atoms with Gasteiger partial charge in [0, 0.05) is 17.5 Å². The first kappa shape index (κ1) is 19.0. The Morgan fingerprint density at radius 2 is 1.93 bits per heavy atom. The summed E-state index contributed by atoms with van der Waals surface area (Å²) in [6.45, 7) is 5.41. The zero-order valence-electron chi connectivity index (χ0n) is 15.5. The number of H-pyrrole nitrogens is 1. The summed E-state index contributed by atoms with van der Waals surface area (Å²) in [5, 5.41) is 28.5. The number of carbonyl (C=O) groups excluding carboxylic acids is 1. The Kier molecular flexibility index (Phi) is 5.08. The van der Waals surface area contributed by atoms with Gasteiger partial charge in [-0.25, -0.2) is 0 Å². The molecule has 0 aliphatic carbocycles. The predicted molar refractivity (Wildman–Crippen MR) is 102 cm³/mol. The minimum atomic E-state index is -0.653. The van der Waals surface area contributed by atoms with E-state index in [1.54, 1.807) is 0 Å². The van der Waals surface area contributed by atoms with Crippen molar-refractivity contribution in [3.05, 3.63) is 57.1 Å². The van der Waals surface area contributed by atoms with Gasteiger partial charge in [-0.1, -0.05) is 12.1 Å². The third-order valence-corrected chi connectivity index (χ3v) is 4.42. The van der Waals surface area contributed by atoms with Crippen molar-refractivity contribution in [3.63, 3.8) is 0 Å². The fraction of sp³-hybridized carbons (Fsp3) is 0.211. The second-order valence-electron chi connectivity index (χ2n) is 6.35. The van der Waals surface area contributed by atoms with Gasteiger partial charge in [0.1, 0.15) is 5.75 Å². The Hall–Kier alpha value is -3.75. The number of amides is 1. The Bertz CT molecular complexity index is 1120. The van der Waals surface area contributed by atoms with Crippen LogP contribution in [-0.2, 0) is 4.79 Å². The molecule has 9 nitrogen and oxygen atoms in total. The molecule has 0 spiro atoms. The molecule has 3 rings (SSSR count). The van der Waals surface area contributed by atoms with Crippen molar-refractivity contribution in [1.29, 1.82) is 0 Å². The molecule has 0 bridgehead atoms. The van der Waals surface area contributed by atoms with Crippen LogP contribution in [0.25, 0.3) is 10.9 Å². The summed E-state index contributed by atoms with van der Waals surface area (Å²) in [6.07, 6.45) is 0. The lowest BCUT2D eigenvalue weighted by Crippen LogP contribution is -2.10. The molecule has 0 saturated heterocycles. The SMILES string of the molecule is Cc1ccc(C)c(OCC(=O)N=Nc2c(O)[nH]c3ccc([N+](=O)[O-])cc23)c1C. The van der Waals surface area contributed by atoms with E-state index >= 15 is 0 Å². The molecule has 144 valence electrons. The average Bonchev–Trinajstić information content (AvgIpc) is 2.97. The molecule has 0 aliphatic heterocycles. The number of aryl methyl sites for hydroxylation is 2. The molecule has 0 fully saturated rings. The van der Waals surface area contributed by atoms with Gasteiger partial charge in [-0.05, 0) is 43.5 Å². The van der Waals surface area contributed by atoms with Crippen LogP contribution in [0.2, 0.25) is 0 Å². The fourth-order valence-corrected chi connectivity index (χ4v) is 2.78. The van der Waals surface area contributed by atoms with Gasteiger partial charge >= 0.3 is 5.91 Å². The van der Waals surface area contributed by atoms with Gasteiger partial charge in [-0.15, -0.1) is 10.2 Å². The minimum Gasteiger partial charge on any atom is -0.493 e. The summed E-state index contributed by atoms with van der Waals surface area (Å²) in [5.74, 6) is -0.369. The minimum absolute atomic E-state index is 0.0463. The van der Waals surface area contributed by atoms with Gasteiger partial charge in [0.2, 0.25) is 5.88 Å². The maximum Gasteiger partial charge on any atom is 0.302 e. The number of hydrogen-bond donors (Lipinski definition) is 2. The number of nitrogens with one attached hydrogen (secondary N) is 1. The molecule has 0 saturated carbocycles. The molecule has 0 atom stereocenters. The van der Waals surface area contributed by atoms with Crippen molar-refractivity contribution in [3.8, 4) is 11.6 Å². The molecule has 0 aliphatic rings. The van der Waals surface area contributed by atoms with Crippen molar-refractivity contribution < 1.29 is 19.6 Å². The van der Waals surface area contributed by atoms with E-state index in [-0.39, 0.29) is 29.2 Å². The highest BCUT2D eigenvalue weighted by Gasteiger charge is 2.15. The second kappa shape index (κ2) is 7.47. The van der Waals surface area contributed by atoms with Crippen LogP contribution >= 0.6 is 0 Å². The van der Waals surface area contributed by atoms with Crippen molar-refractivity contribution in [2.75, 3.05) is 6.61 Å². The lowest BCUT2D eigenvalue weighted by Gasteiger charge is -2.12. The molecular formula is C19H18N4O5. The third kappa shape index (κ3) is 3.68. The number of hydrogen-bond acceptors (Lipinski definition) is 6.